The Morgan fingerprint density at radius 1 is 0.958 bits per heavy atom. The molecule has 5 heteroatoms. The molecule has 0 amide bonds. The van der Waals surface area contributed by atoms with Crippen LogP contribution in [0.1, 0.15) is 5.69 Å². The van der Waals surface area contributed by atoms with Crippen molar-refractivity contribution in [3.63, 3.8) is 0 Å². The van der Waals surface area contributed by atoms with E-state index >= 15 is 0 Å². The van der Waals surface area contributed by atoms with Crippen LogP contribution in [-0.2, 0) is 6.54 Å². The fourth-order valence-electron chi connectivity index (χ4n) is 2.63. The van der Waals surface area contributed by atoms with Crippen LogP contribution in [0, 0.1) is 0 Å². The number of nitrogens with one attached hydrogen (secondary N) is 2. The van der Waals surface area contributed by atoms with Crippen LogP contribution >= 0.6 is 0 Å². The molecule has 0 unspecified atom stereocenters. The smallest absolute Gasteiger partial charge is 0.0924 e. The van der Waals surface area contributed by atoms with Crippen molar-refractivity contribution < 1.29 is 0 Å². The van der Waals surface area contributed by atoms with E-state index in [0.29, 0.717) is 6.54 Å². The Morgan fingerprint density at radius 2 is 1.79 bits per heavy atom. The molecule has 0 fully saturated rings. The van der Waals surface area contributed by atoms with E-state index in [1.165, 1.54) is 0 Å². The largest absolute Gasteiger partial charge is 0.378 e. The third-order valence-electron chi connectivity index (χ3n) is 3.83. The number of nitrogens with zero attached hydrogens (tertiary/aromatic N) is 3. The van der Waals surface area contributed by atoms with Gasteiger partial charge in [-0.1, -0.05) is 42.5 Å². The molecule has 0 saturated carbocycles. The van der Waals surface area contributed by atoms with Gasteiger partial charge in [-0.2, -0.15) is 10.2 Å². The van der Waals surface area contributed by atoms with Gasteiger partial charge < -0.3 is 5.32 Å². The SMILES string of the molecule is c1ccc(-c2cc(CNc3ccccc3-n3cccn3)[nH]n2)cc1. The summed E-state index contributed by atoms with van der Waals surface area (Å²) in [5, 5.41) is 15.2. The van der Waals surface area contributed by atoms with Gasteiger partial charge in [0.25, 0.3) is 0 Å². The summed E-state index contributed by atoms with van der Waals surface area (Å²) in [6, 6.07) is 22.2. The summed E-state index contributed by atoms with van der Waals surface area (Å²) in [6.45, 7) is 0.665. The number of hydrogen-bond donors (Lipinski definition) is 2. The summed E-state index contributed by atoms with van der Waals surface area (Å²) in [7, 11) is 0. The standard InChI is InChI=1S/C19H17N5/c1-2-7-15(8-3-1)18-13-16(22-23-18)14-20-17-9-4-5-10-19(17)24-12-6-11-21-24/h1-13,20H,14H2,(H,22,23). The van der Waals surface area contributed by atoms with Crippen molar-refractivity contribution in [1.82, 2.24) is 20.0 Å². The summed E-state index contributed by atoms with van der Waals surface area (Å²) in [5.41, 5.74) is 5.14. The Hall–Kier alpha value is -3.34. The van der Waals surface area contributed by atoms with Gasteiger partial charge in [0.05, 0.1) is 29.3 Å². The Kier molecular flexibility index (Phi) is 3.81. The van der Waals surface area contributed by atoms with E-state index in [1.807, 2.05) is 59.4 Å². The zero-order valence-electron chi connectivity index (χ0n) is 13.1. The number of aromatic nitrogens is 4. The molecular formula is C19H17N5. The van der Waals surface area contributed by atoms with Gasteiger partial charge in [-0.3, -0.25) is 5.10 Å². The molecule has 0 saturated heterocycles. The highest BCUT2D eigenvalue weighted by atomic mass is 15.3. The van der Waals surface area contributed by atoms with Crippen LogP contribution in [-0.4, -0.2) is 20.0 Å². The number of rotatable bonds is 5. The minimum Gasteiger partial charge on any atom is -0.378 e. The Balaban J connectivity index is 1.51. The summed E-state index contributed by atoms with van der Waals surface area (Å²) in [4.78, 5) is 0. The van der Waals surface area contributed by atoms with Crippen molar-refractivity contribution in [2.24, 2.45) is 0 Å². The second kappa shape index (κ2) is 6.42. The molecule has 2 aromatic heterocycles. The summed E-state index contributed by atoms with van der Waals surface area (Å²) in [5.74, 6) is 0. The highest BCUT2D eigenvalue weighted by Gasteiger charge is 2.06. The lowest BCUT2D eigenvalue weighted by Gasteiger charge is -2.11. The first-order chi connectivity index (χ1) is 11.9. The van der Waals surface area contributed by atoms with E-state index in [1.54, 1.807) is 6.20 Å². The first kappa shape index (κ1) is 14.3. The van der Waals surface area contributed by atoms with Crippen LogP contribution in [0.15, 0.2) is 79.1 Å². The molecule has 0 atom stereocenters. The molecular weight excluding hydrogens is 298 g/mol. The van der Waals surface area contributed by atoms with Crippen LogP contribution in [0.4, 0.5) is 5.69 Å². The zero-order chi connectivity index (χ0) is 16.2. The Labute approximate surface area is 140 Å². The number of para-hydroxylation sites is 2. The third kappa shape index (κ3) is 2.92. The van der Waals surface area contributed by atoms with Gasteiger partial charge >= 0.3 is 0 Å². The fourth-order valence-corrected chi connectivity index (χ4v) is 2.63. The zero-order valence-corrected chi connectivity index (χ0v) is 13.1. The highest BCUT2D eigenvalue weighted by molar-refractivity contribution is 5.61. The van der Waals surface area contributed by atoms with Gasteiger partial charge in [-0.25, -0.2) is 4.68 Å². The van der Waals surface area contributed by atoms with Gasteiger partial charge in [0.15, 0.2) is 0 Å². The molecule has 4 rings (SSSR count). The van der Waals surface area contributed by atoms with Crippen LogP contribution in [0.2, 0.25) is 0 Å². The van der Waals surface area contributed by atoms with Crippen LogP contribution in [0.25, 0.3) is 16.9 Å². The van der Waals surface area contributed by atoms with E-state index < -0.39 is 0 Å². The van der Waals surface area contributed by atoms with Crippen molar-refractivity contribution in [1.29, 1.82) is 0 Å². The molecule has 0 aliphatic heterocycles. The van der Waals surface area contributed by atoms with Crippen LogP contribution in [0.3, 0.4) is 0 Å². The molecule has 0 bridgehead atoms. The molecule has 2 heterocycles. The normalized spacial score (nSPS) is 10.7. The Morgan fingerprint density at radius 3 is 2.62 bits per heavy atom. The molecule has 24 heavy (non-hydrogen) atoms. The molecule has 0 spiro atoms. The van der Waals surface area contributed by atoms with Gasteiger partial charge in [0.2, 0.25) is 0 Å². The number of anilines is 1. The number of hydrogen-bond acceptors (Lipinski definition) is 3. The van der Waals surface area contributed by atoms with E-state index in [2.05, 4.69) is 38.8 Å². The monoisotopic (exact) mass is 315 g/mol. The first-order valence-corrected chi connectivity index (χ1v) is 7.83. The predicted octanol–water partition coefficient (Wildman–Crippen LogP) is 3.87. The van der Waals surface area contributed by atoms with Crippen molar-refractivity contribution in [3.05, 3.63) is 84.8 Å². The molecule has 0 aliphatic rings. The molecule has 2 N–H and O–H groups in total. The van der Waals surface area contributed by atoms with Crippen LogP contribution in [0.5, 0.6) is 0 Å². The first-order valence-electron chi connectivity index (χ1n) is 7.83. The van der Waals surface area contributed by atoms with E-state index in [-0.39, 0.29) is 0 Å². The Bertz CT molecular complexity index is 910. The fraction of sp³-hybridized carbons (Fsp3) is 0.0526. The predicted molar refractivity (Wildman–Crippen MR) is 94.9 cm³/mol. The molecule has 0 radical (unpaired) electrons. The minimum atomic E-state index is 0.665. The topological polar surface area (TPSA) is 58.5 Å². The number of H-pyrrole nitrogens is 1. The lowest BCUT2D eigenvalue weighted by atomic mass is 10.1. The van der Waals surface area contributed by atoms with Crippen molar-refractivity contribution in [3.8, 4) is 16.9 Å². The summed E-state index contributed by atoms with van der Waals surface area (Å²) < 4.78 is 1.85. The quantitative estimate of drug-likeness (QED) is 0.587. The minimum absolute atomic E-state index is 0.665. The van der Waals surface area contributed by atoms with Crippen molar-refractivity contribution in [2.45, 2.75) is 6.54 Å². The van der Waals surface area contributed by atoms with Crippen LogP contribution < -0.4 is 5.32 Å². The lowest BCUT2D eigenvalue weighted by Crippen LogP contribution is -2.05. The second-order valence-electron chi connectivity index (χ2n) is 5.47. The molecule has 118 valence electrons. The average Bonchev–Trinajstić information content (AvgIpc) is 3.33. The summed E-state index contributed by atoms with van der Waals surface area (Å²) >= 11 is 0. The third-order valence-corrected chi connectivity index (χ3v) is 3.83. The van der Waals surface area contributed by atoms with E-state index in [4.69, 9.17) is 0 Å². The van der Waals surface area contributed by atoms with Gasteiger partial charge in [0.1, 0.15) is 0 Å². The molecule has 0 aliphatic carbocycles. The van der Waals surface area contributed by atoms with E-state index in [0.717, 1.165) is 28.3 Å². The second-order valence-corrected chi connectivity index (χ2v) is 5.47. The number of benzene rings is 2. The molecule has 2 aromatic carbocycles. The van der Waals surface area contributed by atoms with E-state index in [9.17, 15) is 0 Å². The maximum Gasteiger partial charge on any atom is 0.0924 e. The molecule has 4 aromatic rings. The van der Waals surface area contributed by atoms with Gasteiger partial charge in [0, 0.05) is 18.0 Å². The van der Waals surface area contributed by atoms with Crippen molar-refractivity contribution in [2.75, 3.05) is 5.32 Å². The van der Waals surface area contributed by atoms with Gasteiger partial charge in [-0.05, 0) is 24.3 Å². The maximum absolute atomic E-state index is 4.39. The average molecular weight is 315 g/mol. The van der Waals surface area contributed by atoms with Gasteiger partial charge in [-0.15, -0.1) is 0 Å². The maximum atomic E-state index is 4.39. The highest BCUT2D eigenvalue weighted by Crippen LogP contribution is 2.21. The van der Waals surface area contributed by atoms with Crippen molar-refractivity contribution >= 4 is 5.69 Å². The lowest BCUT2D eigenvalue weighted by molar-refractivity contribution is 0.877. The number of aromatic amines is 1. The summed E-state index contributed by atoms with van der Waals surface area (Å²) in [6.07, 6.45) is 3.71. The molecule has 5 nitrogen and oxygen atoms in total.